The molecule has 0 aliphatic rings. The van der Waals surface area contributed by atoms with Gasteiger partial charge in [0, 0.05) is 24.6 Å². The van der Waals surface area contributed by atoms with Crippen molar-refractivity contribution in [2.24, 2.45) is 0 Å². The lowest BCUT2D eigenvalue weighted by Crippen LogP contribution is -2.29. The summed E-state index contributed by atoms with van der Waals surface area (Å²) in [7, 11) is 0. The van der Waals surface area contributed by atoms with Crippen LogP contribution in [0.2, 0.25) is 0 Å². The first-order valence-electron chi connectivity index (χ1n) is 6.85. The van der Waals surface area contributed by atoms with E-state index < -0.39 is 0 Å². The fourth-order valence-electron chi connectivity index (χ4n) is 1.42. The Labute approximate surface area is 137 Å². The first-order valence-corrected chi connectivity index (χ1v) is 8.11. The predicted octanol–water partition coefficient (Wildman–Crippen LogP) is 1.74. The van der Waals surface area contributed by atoms with Gasteiger partial charge in [-0.05, 0) is 24.6 Å². The van der Waals surface area contributed by atoms with Crippen molar-refractivity contribution in [3.05, 3.63) is 29.1 Å². The van der Waals surface area contributed by atoms with Crippen LogP contribution in [0.4, 0.5) is 0 Å². The molecule has 0 bridgehead atoms. The van der Waals surface area contributed by atoms with Gasteiger partial charge in [0.05, 0.1) is 0 Å². The summed E-state index contributed by atoms with van der Waals surface area (Å²) in [4.78, 5) is 27.7. The van der Waals surface area contributed by atoms with Gasteiger partial charge in [-0.25, -0.2) is 4.98 Å². The van der Waals surface area contributed by atoms with E-state index in [1.807, 2.05) is 20.8 Å². The third kappa shape index (κ3) is 7.38. The number of aromatic nitrogens is 1. The maximum atomic E-state index is 11.8. The standard InChI is InChI=1S/C12H17N3O2S2.C2H6/c1-8-6-9(11(16)13-2-4-18)15-10(7-8)12(17)14-3-5-19;1-2/h6-7,18-19H,2-5H2,1H3,(H,13,16)(H,14,17);1-2H3. The lowest BCUT2D eigenvalue weighted by Gasteiger charge is -2.07. The number of hydrogen-bond donors (Lipinski definition) is 4. The van der Waals surface area contributed by atoms with Crippen LogP contribution in [-0.2, 0) is 0 Å². The molecule has 0 saturated heterocycles. The largest absolute Gasteiger partial charge is 0.350 e. The molecule has 1 aromatic heterocycles. The van der Waals surface area contributed by atoms with E-state index in [1.54, 1.807) is 12.1 Å². The van der Waals surface area contributed by atoms with Gasteiger partial charge in [0.15, 0.2) is 0 Å². The van der Waals surface area contributed by atoms with Crippen LogP contribution < -0.4 is 10.6 Å². The highest BCUT2D eigenvalue weighted by Crippen LogP contribution is 2.05. The molecule has 0 atom stereocenters. The van der Waals surface area contributed by atoms with Gasteiger partial charge < -0.3 is 10.6 Å². The van der Waals surface area contributed by atoms with Crippen LogP contribution in [0.3, 0.4) is 0 Å². The van der Waals surface area contributed by atoms with Crippen molar-refractivity contribution in [1.82, 2.24) is 15.6 Å². The van der Waals surface area contributed by atoms with Crippen LogP contribution in [0, 0.1) is 6.92 Å². The summed E-state index contributed by atoms with van der Waals surface area (Å²) in [6, 6.07) is 3.28. The second-order valence-electron chi connectivity index (χ2n) is 3.87. The van der Waals surface area contributed by atoms with E-state index in [0.717, 1.165) is 5.56 Å². The van der Waals surface area contributed by atoms with E-state index in [0.29, 0.717) is 24.6 Å². The number of nitrogens with zero attached hydrogens (tertiary/aromatic N) is 1. The Kier molecular flexibility index (Phi) is 10.8. The molecule has 0 aromatic carbocycles. The summed E-state index contributed by atoms with van der Waals surface area (Å²) >= 11 is 8.03. The van der Waals surface area contributed by atoms with Crippen molar-refractivity contribution in [2.45, 2.75) is 20.8 Å². The molecule has 21 heavy (non-hydrogen) atoms. The number of rotatable bonds is 6. The number of hydrogen-bond acceptors (Lipinski definition) is 5. The van der Waals surface area contributed by atoms with Gasteiger partial charge in [-0.3, -0.25) is 9.59 Å². The van der Waals surface area contributed by atoms with Gasteiger partial charge in [-0.2, -0.15) is 25.3 Å². The van der Waals surface area contributed by atoms with E-state index >= 15 is 0 Å². The summed E-state index contributed by atoms with van der Waals surface area (Å²) in [6.45, 7) is 6.73. The summed E-state index contributed by atoms with van der Waals surface area (Å²) in [5, 5.41) is 5.33. The number of pyridine rings is 1. The molecule has 0 aliphatic heterocycles. The van der Waals surface area contributed by atoms with E-state index in [1.165, 1.54) is 0 Å². The van der Waals surface area contributed by atoms with Crippen molar-refractivity contribution >= 4 is 37.1 Å². The Balaban J connectivity index is 0.00000191. The molecule has 1 heterocycles. The highest BCUT2D eigenvalue weighted by atomic mass is 32.1. The molecule has 0 unspecified atom stereocenters. The fraction of sp³-hybridized carbons (Fsp3) is 0.500. The number of amides is 2. The molecule has 0 aliphatic carbocycles. The van der Waals surface area contributed by atoms with E-state index in [4.69, 9.17) is 0 Å². The molecule has 0 fully saturated rings. The fourth-order valence-corrected chi connectivity index (χ4v) is 1.64. The van der Waals surface area contributed by atoms with E-state index in [-0.39, 0.29) is 23.2 Å². The minimum Gasteiger partial charge on any atom is -0.350 e. The van der Waals surface area contributed by atoms with Crippen molar-refractivity contribution in [3.63, 3.8) is 0 Å². The first kappa shape index (κ1) is 19.8. The van der Waals surface area contributed by atoms with E-state index in [2.05, 4.69) is 40.9 Å². The zero-order chi connectivity index (χ0) is 16.3. The SMILES string of the molecule is CC.Cc1cc(C(=O)NCCS)nc(C(=O)NCCS)c1. The molecular weight excluding hydrogens is 306 g/mol. The van der Waals surface area contributed by atoms with Crippen LogP contribution >= 0.6 is 25.3 Å². The number of thiol groups is 2. The summed E-state index contributed by atoms with van der Waals surface area (Å²) in [5.74, 6) is 0.488. The van der Waals surface area contributed by atoms with Crippen molar-refractivity contribution in [2.75, 3.05) is 24.6 Å². The third-order valence-corrected chi connectivity index (χ3v) is 2.68. The van der Waals surface area contributed by atoms with Crippen LogP contribution in [0.25, 0.3) is 0 Å². The predicted molar refractivity (Wildman–Crippen MR) is 92.7 cm³/mol. The van der Waals surface area contributed by atoms with Crippen molar-refractivity contribution in [1.29, 1.82) is 0 Å². The van der Waals surface area contributed by atoms with Gasteiger partial charge in [0.2, 0.25) is 0 Å². The Bertz CT molecular complexity index is 429. The quantitative estimate of drug-likeness (QED) is 0.601. The van der Waals surface area contributed by atoms with Gasteiger partial charge in [0.1, 0.15) is 11.4 Å². The average Bonchev–Trinajstić information content (AvgIpc) is 2.51. The topological polar surface area (TPSA) is 71.1 Å². The summed E-state index contributed by atoms with van der Waals surface area (Å²) in [5.41, 5.74) is 1.28. The van der Waals surface area contributed by atoms with Crippen LogP contribution in [0.15, 0.2) is 12.1 Å². The van der Waals surface area contributed by atoms with Gasteiger partial charge in [-0.15, -0.1) is 0 Å². The lowest BCUT2D eigenvalue weighted by molar-refractivity contribution is 0.0947. The number of carbonyl (C=O) groups is 2. The zero-order valence-electron chi connectivity index (χ0n) is 12.6. The molecule has 1 aromatic rings. The minimum absolute atomic E-state index is 0.234. The molecule has 5 nitrogen and oxygen atoms in total. The van der Waals surface area contributed by atoms with Gasteiger partial charge in [0.25, 0.3) is 11.8 Å². The molecule has 0 radical (unpaired) electrons. The van der Waals surface area contributed by atoms with Crippen molar-refractivity contribution < 1.29 is 9.59 Å². The van der Waals surface area contributed by atoms with Crippen LogP contribution in [0.5, 0.6) is 0 Å². The highest BCUT2D eigenvalue weighted by Gasteiger charge is 2.13. The van der Waals surface area contributed by atoms with E-state index in [9.17, 15) is 9.59 Å². The highest BCUT2D eigenvalue weighted by molar-refractivity contribution is 7.80. The molecule has 2 amide bonds. The third-order valence-electron chi connectivity index (χ3n) is 2.23. The van der Waals surface area contributed by atoms with Crippen molar-refractivity contribution in [3.8, 4) is 0 Å². The maximum Gasteiger partial charge on any atom is 0.269 e. The normalized spacial score (nSPS) is 9.38. The molecule has 7 heteroatoms. The minimum atomic E-state index is -0.305. The molecular formula is C14H23N3O2S2. The Morgan fingerprint density at radius 2 is 1.38 bits per heavy atom. The Hall–Kier alpha value is -1.21. The number of carbonyl (C=O) groups excluding carboxylic acids is 2. The molecule has 0 spiro atoms. The van der Waals surface area contributed by atoms with Crippen LogP contribution in [-0.4, -0.2) is 41.4 Å². The van der Waals surface area contributed by atoms with Gasteiger partial charge >= 0.3 is 0 Å². The number of nitrogens with one attached hydrogen (secondary N) is 2. The molecule has 2 N–H and O–H groups in total. The zero-order valence-corrected chi connectivity index (χ0v) is 14.4. The lowest BCUT2D eigenvalue weighted by atomic mass is 10.2. The Morgan fingerprint density at radius 3 is 1.71 bits per heavy atom. The monoisotopic (exact) mass is 329 g/mol. The smallest absolute Gasteiger partial charge is 0.269 e. The number of aryl methyl sites for hydroxylation is 1. The average molecular weight is 329 g/mol. The van der Waals surface area contributed by atoms with Crippen LogP contribution in [0.1, 0.15) is 40.4 Å². The molecule has 1 rings (SSSR count). The second kappa shape index (κ2) is 11.4. The second-order valence-corrected chi connectivity index (χ2v) is 4.77. The summed E-state index contributed by atoms with van der Waals surface area (Å²) < 4.78 is 0. The molecule has 0 saturated carbocycles. The maximum absolute atomic E-state index is 11.8. The molecule has 118 valence electrons. The first-order chi connectivity index (χ1) is 10.1. The summed E-state index contributed by atoms with van der Waals surface area (Å²) in [6.07, 6.45) is 0. The Morgan fingerprint density at radius 1 is 1.00 bits per heavy atom. The van der Waals surface area contributed by atoms with Gasteiger partial charge in [-0.1, -0.05) is 13.8 Å².